The number of benzene rings is 3. The maximum atomic E-state index is 13.1. The number of hydrogen-bond acceptors (Lipinski definition) is 6. The monoisotopic (exact) mass is 525 g/mol. The molecule has 6 rings (SSSR count). The van der Waals surface area contributed by atoms with Gasteiger partial charge in [0.15, 0.2) is 9.84 Å². The summed E-state index contributed by atoms with van der Waals surface area (Å²) in [6, 6.07) is 20.6. The minimum Gasteiger partial charge on any atom is -0.384 e. The number of carbonyl (C=O) groups excluding carboxylic acids is 1. The van der Waals surface area contributed by atoms with Gasteiger partial charge in [-0.25, -0.2) is 13.4 Å². The van der Waals surface area contributed by atoms with Crippen molar-refractivity contribution < 1.29 is 17.9 Å². The number of nitrogens with zero attached hydrogens (tertiary/aromatic N) is 1. The average Bonchev–Trinajstić information content (AvgIpc) is 3.44. The van der Waals surface area contributed by atoms with Crippen LogP contribution in [-0.4, -0.2) is 25.6 Å². The van der Waals surface area contributed by atoms with Crippen molar-refractivity contribution in [1.82, 2.24) is 10.3 Å². The van der Waals surface area contributed by atoms with Gasteiger partial charge in [0.2, 0.25) is 0 Å². The van der Waals surface area contributed by atoms with Gasteiger partial charge in [0.05, 0.1) is 4.90 Å². The largest absolute Gasteiger partial charge is 0.384 e. The number of pyridine rings is 1. The van der Waals surface area contributed by atoms with Crippen molar-refractivity contribution in [2.45, 2.75) is 37.5 Å². The first kappa shape index (κ1) is 24.3. The normalized spacial score (nSPS) is 17.2. The molecule has 1 amide bonds. The SMILES string of the molecule is Cc1cc(N)nc(C)c1CNC(=O)c1ccc2c(c1)C1OC2c2ccc(-c3cccc(S(C)(=O)=O)c3)cc21. The number of amides is 1. The van der Waals surface area contributed by atoms with Crippen molar-refractivity contribution in [2.24, 2.45) is 0 Å². The molecule has 0 saturated carbocycles. The summed E-state index contributed by atoms with van der Waals surface area (Å²) >= 11 is 0. The van der Waals surface area contributed by atoms with Crippen LogP contribution in [0.1, 0.15) is 61.6 Å². The third-order valence-electron chi connectivity index (χ3n) is 7.43. The molecule has 2 aliphatic rings. The van der Waals surface area contributed by atoms with Gasteiger partial charge in [0.1, 0.15) is 18.0 Å². The van der Waals surface area contributed by atoms with Crippen LogP contribution in [0.4, 0.5) is 5.82 Å². The molecule has 2 atom stereocenters. The fraction of sp³-hybridized carbons (Fsp3) is 0.200. The molecule has 0 fully saturated rings. The minimum absolute atomic E-state index is 0.169. The molecule has 7 nitrogen and oxygen atoms in total. The lowest BCUT2D eigenvalue weighted by molar-refractivity contribution is 0.0857. The van der Waals surface area contributed by atoms with E-state index in [0.29, 0.717) is 17.9 Å². The van der Waals surface area contributed by atoms with Crippen LogP contribution < -0.4 is 11.1 Å². The zero-order valence-electron chi connectivity index (χ0n) is 21.3. The molecule has 192 valence electrons. The second kappa shape index (κ2) is 8.79. The Morgan fingerprint density at radius 2 is 1.61 bits per heavy atom. The fourth-order valence-electron chi connectivity index (χ4n) is 5.50. The highest BCUT2D eigenvalue weighted by Gasteiger charge is 2.43. The lowest BCUT2D eigenvalue weighted by atomic mass is 9.84. The quantitative estimate of drug-likeness (QED) is 0.387. The van der Waals surface area contributed by atoms with E-state index in [1.54, 1.807) is 24.3 Å². The average molecular weight is 526 g/mol. The highest BCUT2D eigenvalue weighted by Crippen LogP contribution is 2.54. The van der Waals surface area contributed by atoms with E-state index in [1.165, 1.54) is 6.26 Å². The number of sulfone groups is 1. The van der Waals surface area contributed by atoms with Crippen LogP contribution >= 0.6 is 0 Å². The molecule has 4 aromatic rings. The van der Waals surface area contributed by atoms with Crippen LogP contribution in [0.25, 0.3) is 11.1 Å². The Kier molecular flexibility index (Phi) is 5.63. The first-order valence-corrected chi connectivity index (χ1v) is 14.2. The van der Waals surface area contributed by atoms with Gasteiger partial charge < -0.3 is 15.8 Å². The van der Waals surface area contributed by atoms with E-state index in [9.17, 15) is 13.2 Å². The van der Waals surface area contributed by atoms with Crippen molar-refractivity contribution >= 4 is 21.6 Å². The zero-order chi connectivity index (χ0) is 26.8. The molecular formula is C30H27N3O4S. The van der Waals surface area contributed by atoms with Gasteiger partial charge in [-0.3, -0.25) is 4.79 Å². The first-order valence-electron chi connectivity index (χ1n) is 12.3. The lowest BCUT2D eigenvalue weighted by Gasteiger charge is -2.18. The molecule has 3 heterocycles. The number of carbonyl (C=O) groups is 1. The molecule has 8 heteroatoms. The Balaban J connectivity index is 1.27. The van der Waals surface area contributed by atoms with Gasteiger partial charge in [-0.1, -0.05) is 30.3 Å². The molecule has 0 spiro atoms. The Morgan fingerprint density at radius 3 is 2.34 bits per heavy atom. The summed E-state index contributed by atoms with van der Waals surface area (Å²) in [6.45, 7) is 4.21. The third-order valence-corrected chi connectivity index (χ3v) is 8.54. The summed E-state index contributed by atoms with van der Waals surface area (Å²) in [7, 11) is -3.31. The Bertz CT molecular complexity index is 1720. The highest BCUT2D eigenvalue weighted by atomic mass is 32.2. The van der Waals surface area contributed by atoms with Gasteiger partial charge in [0.25, 0.3) is 5.91 Å². The van der Waals surface area contributed by atoms with Crippen LogP contribution in [0.3, 0.4) is 0 Å². The number of fused-ring (bicyclic) bond motifs is 8. The topological polar surface area (TPSA) is 111 Å². The van der Waals surface area contributed by atoms with E-state index in [0.717, 1.165) is 50.2 Å². The highest BCUT2D eigenvalue weighted by molar-refractivity contribution is 7.90. The van der Waals surface area contributed by atoms with E-state index in [2.05, 4.69) is 22.4 Å². The molecule has 2 unspecified atom stereocenters. The Labute approximate surface area is 221 Å². The second-order valence-electron chi connectivity index (χ2n) is 9.99. The number of anilines is 1. The number of aryl methyl sites for hydroxylation is 2. The third kappa shape index (κ3) is 4.06. The molecule has 1 aromatic heterocycles. The van der Waals surface area contributed by atoms with E-state index in [-0.39, 0.29) is 23.0 Å². The van der Waals surface area contributed by atoms with E-state index >= 15 is 0 Å². The van der Waals surface area contributed by atoms with E-state index in [1.807, 2.05) is 44.2 Å². The predicted molar refractivity (Wildman–Crippen MR) is 145 cm³/mol. The van der Waals surface area contributed by atoms with Crippen molar-refractivity contribution in [3.63, 3.8) is 0 Å². The number of hydrogen-bond donors (Lipinski definition) is 2. The van der Waals surface area contributed by atoms with Crippen molar-refractivity contribution in [3.05, 3.63) is 111 Å². The van der Waals surface area contributed by atoms with Crippen molar-refractivity contribution in [2.75, 3.05) is 12.0 Å². The van der Waals surface area contributed by atoms with Crippen molar-refractivity contribution in [1.29, 1.82) is 0 Å². The Hall–Kier alpha value is -4.01. The summed E-state index contributed by atoms with van der Waals surface area (Å²) in [6.07, 6.45) is 0.757. The van der Waals surface area contributed by atoms with Crippen LogP contribution in [0.2, 0.25) is 0 Å². The first-order chi connectivity index (χ1) is 18.1. The number of rotatable bonds is 5. The van der Waals surface area contributed by atoms with Crippen LogP contribution in [0.5, 0.6) is 0 Å². The summed E-state index contributed by atoms with van der Waals surface area (Å²) in [4.78, 5) is 17.7. The van der Waals surface area contributed by atoms with Crippen LogP contribution in [0.15, 0.2) is 71.6 Å². The maximum absolute atomic E-state index is 13.1. The molecule has 2 aliphatic heterocycles. The number of aromatic nitrogens is 1. The number of nitrogens with two attached hydrogens (primary N) is 1. The van der Waals surface area contributed by atoms with Gasteiger partial charge in [-0.2, -0.15) is 0 Å². The van der Waals surface area contributed by atoms with Gasteiger partial charge in [0, 0.05) is 24.1 Å². The number of nitrogen functional groups attached to an aromatic ring is 1. The minimum atomic E-state index is -3.31. The molecule has 38 heavy (non-hydrogen) atoms. The van der Waals surface area contributed by atoms with Crippen LogP contribution in [0, 0.1) is 13.8 Å². The number of nitrogens with one attached hydrogen (secondary N) is 1. The smallest absolute Gasteiger partial charge is 0.251 e. The van der Waals surface area contributed by atoms with Gasteiger partial charge >= 0.3 is 0 Å². The Morgan fingerprint density at radius 1 is 0.921 bits per heavy atom. The standard InChI is InChI=1S/C30H27N3O4S/c1-16-11-27(31)33-17(2)26(16)15-32-30(34)20-8-10-23-25(14-20)29-24-13-19(7-9-22(24)28(23)37-29)18-5-4-6-21(12-18)38(3,35)36/h4-14,28-29H,15H2,1-3H3,(H2,31,33)(H,32,34). The zero-order valence-corrected chi connectivity index (χ0v) is 22.1. The van der Waals surface area contributed by atoms with E-state index < -0.39 is 9.84 Å². The molecular weight excluding hydrogens is 498 g/mol. The number of ether oxygens (including phenoxy) is 1. The summed E-state index contributed by atoms with van der Waals surface area (Å²) in [5, 5.41) is 3.01. The molecule has 3 aromatic carbocycles. The fourth-order valence-corrected chi connectivity index (χ4v) is 6.17. The molecule has 2 bridgehead atoms. The second-order valence-corrected chi connectivity index (χ2v) is 12.0. The maximum Gasteiger partial charge on any atom is 0.251 e. The molecule has 0 radical (unpaired) electrons. The summed E-state index contributed by atoms with van der Waals surface area (Å²) < 4.78 is 30.4. The van der Waals surface area contributed by atoms with Crippen LogP contribution in [-0.2, 0) is 21.1 Å². The predicted octanol–water partition coefficient (Wildman–Crippen LogP) is 4.80. The summed E-state index contributed by atoms with van der Waals surface area (Å²) in [5.74, 6) is 0.299. The van der Waals surface area contributed by atoms with Gasteiger partial charge in [-0.05, 0) is 94.8 Å². The molecule has 0 aliphatic carbocycles. The lowest BCUT2D eigenvalue weighted by Crippen LogP contribution is -2.24. The van der Waals surface area contributed by atoms with E-state index in [4.69, 9.17) is 10.5 Å². The van der Waals surface area contributed by atoms with Gasteiger partial charge in [-0.15, -0.1) is 0 Å². The molecule has 3 N–H and O–H groups in total. The molecule has 0 saturated heterocycles. The van der Waals surface area contributed by atoms with Crippen molar-refractivity contribution in [3.8, 4) is 11.1 Å². The summed E-state index contributed by atoms with van der Waals surface area (Å²) in [5.41, 5.74) is 15.1.